The van der Waals surface area contributed by atoms with Crippen molar-refractivity contribution < 1.29 is 18.0 Å². The van der Waals surface area contributed by atoms with Crippen molar-refractivity contribution in [2.24, 2.45) is 0 Å². The molecule has 0 amide bonds. The van der Waals surface area contributed by atoms with Gasteiger partial charge in [0.15, 0.2) is 17.8 Å². The Hall–Kier alpha value is -2.11. The van der Waals surface area contributed by atoms with E-state index in [1.807, 2.05) is 0 Å². The minimum Gasteiger partial charge on any atom is -0.339 e. The van der Waals surface area contributed by atoms with Gasteiger partial charge in [-0.05, 0) is 5.56 Å². The first kappa shape index (κ1) is 13.3. The lowest BCUT2D eigenvalue weighted by Crippen LogP contribution is -2.11. The lowest BCUT2D eigenvalue weighted by atomic mass is 9.96. The van der Waals surface area contributed by atoms with Gasteiger partial charge in [0.05, 0.1) is 5.69 Å². The predicted octanol–water partition coefficient (Wildman–Crippen LogP) is 3.39. The smallest absolute Gasteiger partial charge is 0.339 e. The molecule has 0 saturated heterocycles. The largest absolute Gasteiger partial charge is 0.435 e. The molecule has 0 bridgehead atoms. The fraction of sp³-hybridized carbons (Fsp3) is 0.231. The SMILES string of the molecule is CC(c1ccccc1)c1[nH]c(C=O)nc1C(F)(F)F. The number of rotatable bonds is 3. The van der Waals surface area contributed by atoms with Gasteiger partial charge in [-0.1, -0.05) is 37.3 Å². The fourth-order valence-electron chi connectivity index (χ4n) is 1.90. The minimum atomic E-state index is -4.59. The average molecular weight is 268 g/mol. The first-order valence-electron chi connectivity index (χ1n) is 5.60. The monoisotopic (exact) mass is 268 g/mol. The number of halogens is 3. The van der Waals surface area contributed by atoms with Gasteiger partial charge in [0.25, 0.3) is 0 Å². The molecule has 2 rings (SSSR count). The van der Waals surface area contributed by atoms with Crippen LogP contribution in [0, 0.1) is 0 Å². The Balaban J connectivity index is 2.50. The number of carbonyl (C=O) groups is 1. The Morgan fingerprint density at radius 3 is 2.42 bits per heavy atom. The van der Waals surface area contributed by atoms with E-state index >= 15 is 0 Å². The van der Waals surface area contributed by atoms with E-state index in [0.29, 0.717) is 5.56 Å². The van der Waals surface area contributed by atoms with Crippen molar-refractivity contribution in [2.45, 2.75) is 19.0 Å². The number of imidazole rings is 1. The molecule has 1 unspecified atom stereocenters. The van der Waals surface area contributed by atoms with E-state index < -0.39 is 17.8 Å². The van der Waals surface area contributed by atoms with Gasteiger partial charge in [-0.25, -0.2) is 4.98 Å². The van der Waals surface area contributed by atoms with E-state index in [2.05, 4.69) is 9.97 Å². The summed E-state index contributed by atoms with van der Waals surface area (Å²) in [7, 11) is 0. The molecule has 3 nitrogen and oxygen atoms in total. The molecule has 1 aromatic heterocycles. The van der Waals surface area contributed by atoms with Crippen LogP contribution in [0.15, 0.2) is 30.3 Å². The first-order valence-corrected chi connectivity index (χ1v) is 5.60. The van der Waals surface area contributed by atoms with E-state index in [0.717, 1.165) is 0 Å². The van der Waals surface area contributed by atoms with Crippen molar-refractivity contribution in [3.05, 3.63) is 53.1 Å². The summed E-state index contributed by atoms with van der Waals surface area (Å²) in [6.45, 7) is 1.63. The van der Waals surface area contributed by atoms with Gasteiger partial charge in [-0.3, -0.25) is 4.79 Å². The maximum Gasteiger partial charge on any atom is 0.435 e. The van der Waals surface area contributed by atoms with Crippen molar-refractivity contribution in [1.82, 2.24) is 9.97 Å². The Bertz CT molecular complexity index is 575. The Labute approximate surface area is 107 Å². The predicted molar refractivity (Wildman–Crippen MR) is 62.9 cm³/mol. The summed E-state index contributed by atoms with van der Waals surface area (Å²) in [5, 5.41) is 0. The molecule has 1 atom stereocenters. The van der Waals surface area contributed by atoms with Crippen LogP contribution in [0.2, 0.25) is 0 Å². The summed E-state index contributed by atoms with van der Waals surface area (Å²) in [5.41, 5.74) is -0.416. The molecule has 1 N–H and O–H groups in total. The summed E-state index contributed by atoms with van der Waals surface area (Å²) in [6, 6.07) is 8.73. The molecule has 0 aliphatic rings. The number of H-pyrrole nitrogens is 1. The van der Waals surface area contributed by atoms with Crippen molar-refractivity contribution >= 4 is 6.29 Å². The van der Waals surface area contributed by atoms with Crippen LogP contribution in [0.25, 0.3) is 0 Å². The summed E-state index contributed by atoms with van der Waals surface area (Å²) in [5.74, 6) is -0.843. The molecule has 0 radical (unpaired) electrons. The molecule has 0 aliphatic heterocycles. The summed E-state index contributed by atoms with van der Waals surface area (Å²) >= 11 is 0. The number of nitrogens with zero attached hydrogens (tertiary/aromatic N) is 1. The lowest BCUT2D eigenvalue weighted by Gasteiger charge is -2.13. The number of alkyl halides is 3. The summed E-state index contributed by atoms with van der Waals surface area (Å²) in [4.78, 5) is 16.3. The fourth-order valence-corrected chi connectivity index (χ4v) is 1.90. The molecule has 0 aliphatic carbocycles. The third kappa shape index (κ3) is 2.67. The van der Waals surface area contributed by atoms with Crippen LogP contribution in [0.3, 0.4) is 0 Å². The highest BCUT2D eigenvalue weighted by Crippen LogP contribution is 2.35. The molecule has 0 saturated carbocycles. The number of hydrogen-bond donors (Lipinski definition) is 1. The molecule has 0 spiro atoms. The number of aldehydes is 1. The normalized spacial score (nSPS) is 13.3. The van der Waals surface area contributed by atoms with E-state index in [1.165, 1.54) is 0 Å². The number of aromatic amines is 1. The highest BCUT2D eigenvalue weighted by atomic mass is 19.4. The van der Waals surface area contributed by atoms with Gasteiger partial charge in [-0.15, -0.1) is 0 Å². The molecule has 1 heterocycles. The molecule has 19 heavy (non-hydrogen) atoms. The summed E-state index contributed by atoms with van der Waals surface area (Å²) < 4.78 is 38.6. The van der Waals surface area contributed by atoms with E-state index in [-0.39, 0.29) is 17.8 Å². The van der Waals surface area contributed by atoms with Crippen LogP contribution in [-0.4, -0.2) is 16.3 Å². The topological polar surface area (TPSA) is 45.8 Å². The zero-order valence-electron chi connectivity index (χ0n) is 10.0. The molecule has 6 heteroatoms. The Morgan fingerprint density at radius 2 is 1.89 bits per heavy atom. The zero-order chi connectivity index (χ0) is 14.0. The second-order valence-corrected chi connectivity index (χ2v) is 4.13. The van der Waals surface area contributed by atoms with Crippen LogP contribution < -0.4 is 0 Å². The average Bonchev–Trinajstić information content (AvgIpc) is 2.83. The minimum absolute atomic E-state index is 0.0965. The Morgan fingerprint density at radius 1 is 1.26 bits per heavy atom. The van der Waals surface area contributed by atoms with Crippen molar-refractivity contribution in [3.63, 3.8) is 0 Å². The van der Waals surface area contributed by atoms with Gasteiger partial charge >= 0.3 is 6.18 Å². The number of hydrogen-bond acceptors (Lipinski definition) is 2. The standard InChI is InChI=1S/C13H11F3N2O/c1-8(9-5-3-2-4-6-9)11-12(13(14,15)16)18-10(7-19)17-11/h2-8H,1H3,(H,17,18). The number of nitrogens with one attached hydrogen (secondary N) is 1. The number of carbonyl (C=O) groups excluding carboxylic acids is 1. The van der Waals surface area contributed by atoms with Crippen molar-refractivity contribution in [1.29, 1.82) is 0 Å². The zero-order valence-corrected chi connectivity index (χ0v) is 10.0. The van der Waals surface area contributed by atoms with Gasteiger partial charge in [0.2, 0.25) is 0 Å². The lowest BCUT2D eigenvalue weighted by molar-refractivity contribution is -0.141. The van der Waals surface area contributed by atoms with Crippen molar-refractivity contribution in [2.75, 3.05) is 0 Å². The maximum atomic E-state index is 12.9. The third-order valence-corrected chi connectivity index (χ3v) is 2.86. The van der Waals surface area contributed by atoms with Gasteiger partial charge in [0, 0.05) is 5.92 Å². The van der Waals surface area contributed by atoms with Gasteiger partial charge < -0.3 is 4.98 Å². The molecular weight excluding hydrogens is 257 g/mol. The van der Waals surface area contributed by atoms with Crippen LogP contribution in [-0.2, 0) is 6.18 Å². The number of aromatic nitrogens is 2. The van der Waals surface area contributed by atoms with E-state index in [9.17, 15) is 18.0 Å². The second kappa shape index (κ2) is 4.87. The summed E-state index contributed by atoms with van der Waals surface area (Å²) in [6.07, 6.45) is -4.31. The molecule has 0 fully saturated rings. The van der Waals surface area contributed by atoms with Crippen LogP contribution in [0.1, 0.15) is 40.4 Å². The number of benzene rings is 1. The van der Waals surface area contributed by atoms with Crippen LogP contribution >= 0.6 is 0 Å². The van der Waals surface area contributed by atoms with E-state index in [4.69, 9.17) is 0 Å². The quantitative estimate of drug-likeness (QED) is 0.867. The maximum absolute atomic E-state index is 12.9. The molecule has 2 aromatic rings. The van der Waals surface area contributed by atoms with Crippen LogP contribution in [0.5, 0.6) is 0 Å². The Kier molecular flexibility index (Phi) is 3.42. The van der Waals surface area contributed by atoms with E-state index in [1.54, 1.807) is 37.3 Å². The third-order valence-electron chi connectivity index (χ3n) is 2.86. The first-order chi connectivity index (χ1) is 8.93. The molecule has 1 aromatic carbocycles. The highest BCUT2D eigenvalue weighted by Gasteiger charge is 2.38. The highest BCUT2D eigenvalue weighted by molar-refractivity contribution is 5.69. The van der Waals surface area contributed by atoms with Crippen LogP contribution in [0.4, 0.5) is 13.2 Å². The van der Waals surface area contributed by atoms with Crippen molar-refractivity contribution in [3.8, 4) is 0 Å². The van der Waals surface area contributed by atoms with Gasteiger partial charge in [0.1, 0.15) is 0 Å². The molecular formula is C13H11F3N2O. The molecule has 100 valence electrons. The van der Waals surface area contributed by atoms with Gasteiger partial charge in [-0.2, -0.15) is 13.2 Å². The second-order valence-electron chi connectivity index (χ2n) is 4.13.